The van der Waals surface area contributed by atoms with Crippen molar-refractivity contribution < 1.29 is 4.92 Å². The van der Waals surface area contributed by atoms with E-state index in [2.05, 4.69) is 16.9 Å². The first-order chi connectivity index (χ1) is 14.4. The summed E-state index contributed by atoms with van der Waals surface area (Å²) in [5.41, 5.74) is 2.73. The maximum atomic E-state index is 11.0. The van der Waals surface area contributed by atoms with Gasteiger partial charge in [0.1, 0.15) is 0 Å². The fourth-order valence-electron chi connectivity index (χ4n) is 4.04. The fourth-order valence-corrected chi connectivity index (χ4v) is 5.46. The molecule has 0 spiro atoms. The summed E-state index contributed by atoms with van der Waals surface area (Å²) >= 11 is 14.0. The van der Waals surface area contributed by atoms with Crippen LogP contribution in [0.2, 0.25) is 10.0 Å². The predicted octanol–water partition coefficient (Wildman–Crippen LogP) is 7.42. The van der Waals surface area contributed by atoms with Gasteiger partial charge >= 0.3 is 0 Å². The van der Waals surface area contributed by atoms with E-state index in [-0.39, 0.29) is 10.6 Å². The zero-order chi connectivity index (χ0) is 21.3. The second kappa shape index (κ2) is 8.92. The predicted molar refractivity (Wildman–Crippen MR) is 123 cm³/mol. The summed E-state index contributed by atoms with van der Waals surface area (Å²) < 4.78 is 2.29. The first-order valence-corrected chi connectivity index (χ1v) is 11.5. The molecule has 8 heteroatoms. The van der Waals surface area contributed by atoms with Crippen LogP contribution in [0.5, 0.6) is 0 Å². The highest BCUT2D eigenvalue weighted by atomic mass is 35.5. The summed E-state index contributed by atoms with van der Waals surface area (Å²) in [7, 11) is 0. The van der Waals surface area contributed by atoms with Crippen molar-refractivity contribution in [3.05, 3.63) is 72.8 Å². The Bertz CT molecular complexity index is 1140. The van der Waals surface area contributed by atoms with E-state index in [4.69, 9.17) is 28.2 Å². The molecule has 0 bridgehead atoms. The van der Waals surface area contributed by atoms with Crippen LogP contribution in [-0.4, -0.2) is 9.49 Å². The normalized spacial score (nSPS) is 19.8. The smallest absolute Gasteiger partial charge is 0.269 e. The van der Waals surface area contributed by atoms with E-state index in [0.717, 1.165) is 22.5 Å². The van der Waals surface area contributed by atoms with Crippen molar-refractivity contribution in [2.24, 2.45) is 10.9 Å². The average Bonchev–Trinajstić information content (AvgIpc) is 3.14. The molecular weight excluding hydrogens is 441 g/mol. The number of rotatable bonds is 4. The molecule has 156 valence electrons. The molecule has 3 aromatic rings. The maximum absolute atomic E-state index is 11.0. The lowest BCUT2D eigenvalue weighted by Crippen LogP contribution is -2.28. The van der Waals surface area contributed by atoms with Crippen LogP contribution in [0.15, 0.2) is 52.8 Å². The second-order valence-corrected chi connectivity index (χ2v) is 9.29. The molecule has 0 aliphatic heterocycles. The molecule has 2 atom stereocenters. The number of thiazole rings is 1. The molecule has 1 aliphatic rings. The molecule has 4 rings (SSSR count). The maximum Gasteiger partial charge on any atom is 0.269 e. The number of halogens is 2. The largest absolute Gasteiger partial charge is 0.313 e. The Morgan fingerprint density at radius 2 is 1.87 bits per heavy atom. The number of non-ortho nitro benzene ring substituents is 1. The average molecular weight is 462 g/mol. The van der Waals surface area contributed by atoms with Gasteiger partial charge in [0.05, 0.1) is 21.3 Å². The van der Waals surface area contributed by atoms with Crippen LogP contribution in [0.4, 0.5) is 11.4 Å². The van der Waals surface area contributed by atoms with Crippen LogP contribution in [0.1, 0.15) is 38.6 Å². The van der Waals surface area contributed by atoms with E-state index in [1.54, 1.807) is 35.6 Å². The third-order valence-corrected chi connectivity index (χ3v) is 7.02. The van der Waals surface area contributed by atoms with Gasteiger partial charge in [-0.1, -0.05) is 43.0 Å². The van der Waals surface area contributed by atoms with Crippen LogP contribution in [0, 0.1) is 16.0 Å². The van der Waals surface area contributed by atoms with Crippen molar-refractivity contribution in [2.75, 3.05) is 0 Å². The Labute approximate surface area is 188 Å². The molecule has 30 heavy (non-hydrogen) atoms. The summed E-state index contributed by atoms with van der Waals surface area (Å²) in [6, 6.07) is 12.3. The second-order valence-electron chi connectivity index (χ2n) is 7.61. The summed E-state index contributed by atoms with van der Waals surface area (Å²) in [5, 5.41) is 14.2. The zero-order valence-corrected chi connectivity index (χ0v) is 18.8. The molecule has 0 N–H and O–H groups in total. The Morgan fingerprint density at radius 3 is 2.53 bits per heavy atom. The molecule has 2 unspecified atom stereocenters. The third-order valence-electron chi connectivity index (χ3n) is 5.64. The van der Waals surface area contributed by atoms with Crippen LogP contribution in [-0.2, 0) is 0 Å². The van der Waals surface area contributed by atoms with Crippen molar-refractivity contribution in [1.82, 2.24) is 4.57 Å². The minimum Gasteiger partial charge on any atom is -0.313 e. The van der Waals surface area contributed by atoms with Crippen molar-refractivity contribution >= 4 is 45.9 Å². The number of nitro groups is 1. The number of aromatic nitrogens is 1. The lowest BCUT2D eigenvalue weighted by Gasteiger charge is -2.31. The van der Waals surface area contributed by atoms with E-state index in [9.17, 15) is 10.1 Å². The highest BCUT2D eigenvalue weighted by molar-refractivity contribution is 7.07. The molecule has 0 radical (unpaired) electrons. The Balaban J connectivity index is 1.87. The minimum atomic E-state index is -0.377. The Hall–Kier alpha value is -2.15. The van der Waals surface area contributed by atoms with Crippen molar-refractivity contribution in [3.63, 3.8) is 0 Å². The number of hydrogen-bond acceptors (Lipinski definition) is 4. The van der Waals surface area contributed by atoms with Gasteiger partial charge < -0.3 is 4.57 Å². The number of nitrogens with zero attached hydrogens (tertiary/aromatic N) is 3. The molecule has 1 heterocycles. The molecule has 1 fully saturated rings. The monoisotopic (exact) mass is 461 g/mol. The van der Waals surface area contributed by atoms with Crippen LogP contribution in [0.25, 0.3) is 11.3 Å². The zero-order valence-electron chi connectivity index (χ0n) is 16.4. The van der Waals surface area contributed by atoms with Crippen LogP contribution >= 0.6 is 34.5 Å². The van der Waals surface area contributed by atoms with Gasteiger partial charge in [-0.25, -0.2) is 4.99 Å². The van der Waals surface area contributed by atoms with Gasteiger partial charge in [-0.15, -0.1) is 11.3 Å². The van der Waals surface area contributed by atoms with Gasteiger partial charge in [-0.2, -0.15) is 0 Å². The van der Waals surface area contributed by atoms with Gasteiger partial charge in [-0.05, 0) is 54.7 Å². The van der Waals surface area contributed by atoms with E-state index in [1.165, 1.54) is 19.3 Å². The number of benzene rings is 2. The van der Waals surface area contributed by atoms with E-state index >= 15 is 0 Å². The molecule has 1 aromatic heterocycles. The highest BCUT2D eigenvalue weighted by Gasteiger charge is 2.26. The first kappa shape index (κ1) is 21.1. The molecule has 0 amide bonds. The molecule has 1 saturated carbocycles. The van der Waals surface area contributed by atoms with Crippen LogP contribution < -0.4 is 4.80 Å². The minimum absolute atomic E-state index is 0.0874. The third kappa shape index (κ3) is 4.31. The van der Waals surface area contributed by atoms with Gasteiger partial charge in [0.15, 0.2) is 4.80 Å². The summed E-state index contributed by atoms with van der Waals surface area (Å²) in [6.45, 7) is 2.28. The lowest BCUT2D eigenvalue weighted by atomic mass is 9.85. The van der Waals surface area contributed by atoms with Gasteiger partial charge in [-0.3, -0.25) is 10.1 Å². The van der Waals surface area contributed by atoms with E-state index in [0.29, 0.717) is 27.7 Å². The standard InChI is InChI=1S/C22H21Cl2N3O2S/c1-14-4-2-3-5-20(14)26-21(15-6-9-17(10-7-15)27(28)29)13-30-22(26)25-19-11-8-16(23)12-18(19)24/h6-14,20H,2-5H2,1H3. The van der Waals surface area contributed by atoms with Crippen molar-refractivity contribution in [2.45, 2.75) is 38.6 Å². The van der Waals surface area contributed by atoms with Crippen molar-refractivity contribution in [3.8, 4) is 11.3 Å². The van der Waals surface area contributed by atoms with Gasteiger partial charge in [0, 0.05) is 28.6 Å². The van der Waals surface area contributed by atoms with E-state index < -0.39 is 0 Å². The van der Waals surface area contributed by atoms with E-state index in [1.807, 2.05) is 18.2 Å². The topological polar surface area (TPSA) is 60.4 Å². The summed E-state index contributed by atoms with van der Waals surface area (Å²) in [4.78, 5) is 16.4. The number of nitro benzene ring substituents is 1. The summed E-state index contributed by atoms with van der Waals surface area (Å²) in [6.07, 6.45) is 4.68. The van der Waals surface area contributed by atoms with Crippen molar-refractivity contribution in [1.29, 1.82) is 0 Å². The van der Waals surface area contributed by atoms with Gasteiger partial charge in [0.2, 0.25) is 0 Å². The molecule has 1 aliphatic carbocycles. The highest BCUT2D eigenvalue weighted by Crippen LogP contribution is 2.37. The summed E-state index contributed by atoms with van der Waals surface area (Å²) in [5.74, 6) is 0.518. The number of hydrogen-bond donors (Lipinski definition) is 0. The fraction of sp³-hybridized carbons (Fsp3) is 0.318. The first-order valence-electron chi connectivity index (χ1n) is 9.88. The molecular formula is C22H21Cl2N3O2S. The van der Waals surface area contributed by atoms with Crippen LogP contribution in [0.3, 0.4) is 0 Å². The van der Waals surface area contributed by atoms with Gasteiger partial charge in [0.25, 0.3) is 5.69 Å². The lowest BCUT2D eigenvalue weighted by molar-refractivity contribution is -0.384. The molecule has 2 aromatic carbocycles. The Morgan fingerprint density at radius 1 is 1.13 bits per heavy atom. The quantitative estimate of drug-likeness (QED) is 0.299. The molecule has 5 nitrogen and oxygen atoms in total. The SMILES string of the molecule is CC1CCCCC1n1c(-c2ccc([N+](=O)[O-])cc2)csc1=Nc1ccc(Cl)cc1Cl. The molecule has 0 saturated heterocycles. The Kier molecular flexibility index (Phi) is 6.27.